The summed E-state index contributed by atoms with van der Waals surface area (Å²) >= 11 is 10.1. The molecule has 112 valence electrons. The first-order valence-electron chi connectivity index (χ1n) is 5.76. The maximum Gasteiger partial charge on any atom is 0.407 e. The van der Waals surface area contributed by atoms with E-state index in [0.29, 0.717) is 3.79 Å². The fourth-order valence-electron chi connectivity index (χ4n) is 1.16. The van der Waals surface area contributed by atoms with Gasteiger partial charge in [0.15, 0.2) is 10.2 Å². The number of carbonyl (C=O) groups is 2. The summed E-state index contributed by atoms with van der Waals surface area (Å²) in [5.74, 6) is -0.356. The molecule has 0 bridgehead atoms. The van der Waals surface area contributed by atoms with Crippen LogP contribution in [0.5, 0.6) is 0 Å². The Labute approximate surface area is 134 Å². The molecule has 1 aromatic heterocycles. The number of hydrogen-bond donors (Lipinski definition) is 2. The van der Waals surface area contributed by atoms with E-state index in [9.17, 15) is 9.59 Å². The number of alkyl carbamates (subject to hydrolysis) is 1. The van der Waals surface area contributed by atoms with E-state index in [1.807, 2.05) is 0 Å². The molecular formula is C11H15BrClN3O3S. The lowest BCUT2D eigenvalue weighted by Gasteiger charge is -2.19. The second-order valence-electron chi connectivity index (χ2n) is 4.77. The molecule has 6 nitrogen and oxygen atoms in total. The van der Waals surface area contributed by atoms with Crippen molar-refractivity contribution in [2.45, 2.75) is 26.4 Å². The van der Waals surface area contributed by atoms with Crippen LogP contribution in [0.3, 0.4) is 0 Å². The van der Waals surface area contributed by atoms with E-state index in [2.05, 4.69) is 31.5 Å². The minimum Gasteiger partial charge on any atom is -0.444 e. The van der Waals surface area contributed by atoms with Gasteiger partial charge in [-0.2, -0.15) is 0 Å². The molecule has 0 saturated carbocycles. The van der Waals surface area contributed by atoms with Crippen LogP contribution in [0.2, 0.25) is 4.47 Å². The molecule has 0 aliphatic carbocycles. The van der Waals surface area contributed by atoms with E-state index >= 15 is 0 Å². The van der Waals surface area contributed by atoms with Crippen molar-refractivity contribution in [3.63, 3.8) is 0 Å². The topological polar surface area (TPSA) is 80.3 Å². The van der Waals surface area contributed by atoms with Gasteiger partial charge in [0.1, 0.15) is 9.39 Å². The van der Waals surface area contributed by atoms with E-state index in [4.69, 9.17) is 16.3 Å². The largest absolute Gasteiger partial charge is 0.444 e. The van der Waals surface area contributed by atoms with Gasteiger partial charge in [-0.1, -0.05) is 22.9 Å². The quantitative estimate of drug-likeness (QED) is 0.782. The molecule has 1 rings (SSSR count). The number of nitrogens with zero attached hydrogens (tertiary/aromatic N) is 1. The van der Waals surface area contributed by atoms with Crippen molar-refractivity contribution in [3.05, 3.63) is 13.9 Å². The summed E-state index contributed by atoms with van der Waals surface area (Å²) in [6.45, 7) is 5.85. The summed E-state index contributed by atoms with van der Waals surface area (Å²) in [6.07, 6.45) is -0.523. The van der Waals surface area contributed by atoms with Gasteiger partial charge in [-0.3, -0.25) is 4.79 Å². The number of rotatable bonds is 4. The summed E-state index contributed by atoms with van der Waals surface area (Å²) < 4.78 is 5.91. The van der Waals surface area contributed by atoms with E-state index in [1.165, 1.54) is 11.3 Å². The lowest BCUT2D eigenvalue weighted by atomic mass is 10.2. The van der Waals surface area contributed by atoms with Crippen LogP contribution in [0.15, 0.2) is 3.79 Å². The molecule has 1 heterocycles. The third-order valence-electron chi connectivity index (χ3n) is 1.85. The molecule has 0 radical (unpaired) electrons. The zero-order chi connectivity index (χ0) is 15.3. The minimum atomic E-state index is -0.546. The standard InChI is InChI=1S/C11H15BrClN3O3S/c1-11(2,3)19-10(18)15-5-4-14-8(17)6-7(12)20-9(13)16-6/h4-5H2,1-3H3,(H,14,17)(H,15,18). The number of ether oxygens (including phenoxy) is 1. The highest BCUT2D eigenvalue weighted by atomic mass is 79.9. The Morgan fingerprint density at radius 3 is 2.45 bits per heavy atom. The summed E-state index contributed by atoms with van der Waals surface area (Å²) in [5, 5.41) is 5.15. The van der Waals surface area contributed by atoms with Crippen LogP contribution in [0.1, 0.15) is 31.3 Å². The normalized spacial score (nSPS) is 11.1. The van der Waals surface area contributed by atoms with Gasteiger partial charge in [0.05, 0.1) is 0 Å². The molecular weight excluding hydrogens is 370 g/mol. The first-order chi connectivity index (χ1) is 9.19. The molecule has 0 unspecified atom stereocenters. The van der Waals surface area contributed by atoms with E-state index in [-0.39, 0.29) is 29.2 Å². The third kappa shape index (κ3) is 6.06. The maximum absolute atomic E-state index is 11.8. The average molecular weight is 385 g/mol. The van der Waals surface area contributed by atoms with Crippen LogP contribution < -0.4 is 10.6 Å². The maximum atomic E-state index is 11.8. The van der Waals surface area contributed by atoms with Gasteiger partial charge in [0.25, 0.3) is 5.91 Å². The van der Waals surface area contributed by atoms with Gasteiger partial charge in [0, 0.05) is 13.1 Å². The van der Waals surface area contributed by atoms with Crippen LogP contribution in [0.4, 0.5) is 4.79 Å². The molecule has 9 heteroatoms. The van der Waals surface area contributed by atoms with Gasteiger partial charge in [-0.15, -0.1) is 0 Å². The van der Waals surface area contributed by atoms with E-state index < -0.39 is 11.7 Å². The van der Waals surface area contributed by atoms with E-state index in [1.54, 1.807) is 20.8 Å². The molecule has 0 fully saturated rings. The Morgan fingerprint density at radius 2 is 1.95 bits per heavy atom. The highest BCUT2D eigenvalue weighted by Gasteiger charge is 2.17. The van der Waals surface area contributed by atoms with Gasteiger partial charge in [0.2, 0.25) is 0 Å². The van der Waals surface area contributed by atoms with Gasteiger partial charge >= 0.3 is 6.09 Å². The summed E-state index contributed by atoms with van der Waals surface area (Å²) in [4.78, 5) is 27.0. The molecule has 0 aliphatic rings. The van der Waals surface area contributed by atoms with Crippen molar-refractivity contribution in [2.75, 3.05) is 13.1 Å². The lowest BCUT2D eigenvalue weighted by molar-refractivity contribution is 0.0526. The predicted molar refractivity (Wildman–Crippen MR) is 81.4 cm³/mol. The van der Waals surface area contributed by atoms with Crippen LogP contribution in [-0.2, 0) is 4.74 Å². The summed E-state index contributed by atoms with van der Waals surface area (Å²) in [6, 6.07) is 0. The van der Waals surface area contributed by atoms with Crippen LogP contribution in [0.25, 0.3) is 0 Å². The Hall–Kier alpha value is -0.860. The van der Waals surface area contributed by atoms with Crippen LogP contribution >= 0.6 is 38.9 Å². The number of nitrogens with one attached hydrogen (secondary N) is 2. The number of amides is 2. The Bertz CT molecular complexity index is 502. The van der Waals surface area contributed by atoms with Crippen molar-refractivity contribution in [1.29, 1.82) is 0 Å². The van der Waals surface area contributed by atoms with Crippen LogP contribution in [-0.4, -0.2) is 35.7 Å². The number of halogens is 2. The first-order valence-corrected chi connectivity index (χ1v) is 7.74. The highest BCUT2D eigenvalue weighted by Crippen LogP contribution is 2.27. The van der Waals surface area contributed by atoms with E-state index in [0.717, 1.165) is 0 Å². The number of hydrogen-bond acceptors (Lipinski definition) is 5. The molecule has 0 saturated heterocycles. The molecule has 0 atom stereocenters. The molecule has 0 aromatic carbocycles. The molecule has 0 spiro atoms. The fraction of sp³-hybridized carbons (Fsp3) is 0.545. The monoisotopic (exact) mass is 383 g/mol. The molecule has 0 aliphatic heterocycles. The van der Waals surface area contributed by atoms with Gasteiger partial charge in [-0.05, 0) is 36.7 Å². The van der Waals surface area contributed by atoms with Crippen molar-refractivity contribution in [1.82, 2.24) is 15.6 Å². The smallest absolute Gasteiger partial charge is 0.407 e. The lowest BCUT2D eigenvalue weighted by Crippen LogP contribution is -2.38. The third-order valence-corrected chi connectivity index (χ3v) is 3.66. The zero-order valence-electron chi connectivity index (χ0n) is 11.3. The highest BCUT2D eigenvalue weighted by molar-refractivity contribution is 9.11. The van der Waals surface area contributed by atoms with Gasteiger partial charge in [-0.25, -0.2) is 9.78 Å². The van der Waals surface area contributed by atoms with Gasteiger partial charge < -0.3 is 15.4 Å². The van der Waals surface area contributed by atoms with Crippen molar-refractivity contribution in [3.8, 4) is 0 Å². The fourth-order valence-corrected chi connectivity index (χ4v) is 3.00. The predicted octanol–water partition coefficient (Wildman–Crippen LogP) is 2.81. The number of aromatic nitrogens is 1. The molecule has 2 N–H and O–H groups in total. The van der Waals surface area contributed by atoms with Crippen molar-refractivity contribution in [2.24, 2.45) is 0 Å². The van der Waals surface area contributed by atoms with Crippen molar-refractivity contribution < 1.29 is 14.3 Å². The van der Waals surface area contributed by atoms with Crippen LogP contribution in [0, 0.1) is 0 Å². The second-order valence-corrected chi connectivity index (χ2v) is 7.67. The number of carbonyl (C=O) groups excluding carboxylic acids is 2. The summed E-state index contributed by atoms with van der Waals surface area (Å²) in [5.41, 5.74) is -0.313. The SMILES string of the molecule is CC(C)(C)OC(=O)NCCNC(=O)c1nc(Cl)sc1Br. The molecule has 1 aromatic rings. The molecule has 20 heavy (non-hydrogen) atoms. The Morgan fingerprint density at radius 1 is 1.35 bits per heavy atom. The van der Waals surface area contributed by atoms with Crippen molar-refractivity contribution >= 4 is 50.9 Å². The first kappa shape index (κ1) is 17.2. The molecule has 2 amide bonds. The Balaban J connectivity index is 2.30. The average Bonchev–Trinajstić information content (AvgIpc) is 2.61. The number of thiazole rings is 1. The minimum absolute atomic E-state index is 0.234. The second kappa shape index (κ2) is 7.24. The summed E-state index contributed by atoms with van der Waals surface area (Å²) in [7, 11) is 0. The Kier molecular flexibility index (Phi) is 6.22. The zero-order valence-corrected chi connectivity index (χ0v) is 14.4.